The Hall–Kier alpha value is -0.470. The van der Waals surface area contributed by atoms with E-state index in [0.29, 0.717) is 12.6 Å². The predicted octanol–water partition coefficient (Wildman–Crippen LogP) is 2.47. The molecule has 1 saturated heterocycles. The zero-order chi connectivity index (χ0) is 11.9. The monoisotopic (exact) mass is 267 g/mol. The van der Waals surface area contributed by atoms with Gasteiger partial charge in [-0.2, -0.15) is 11.8 Å². The molecule has 2 rings (SSSR count). The maximum absolute atomic E-state index is 5.60. The molecule has 0 spiro atoms. The summed E-state index contributed by atoms with van der Waals surface area (Å²) in [6.07, 6.45) is 2.93. The van der Waals surface area contributed by atoms with Gasteiger partial charge in [-0.25, -0.2) is 0 Å². The van der Waals surface area contributed by atoms with Crippen LogP contribution in [0.1, 0.15) is 23.3 Å². The van der Waals surface area contributed by atoms with Crippen molar-refractivity contribution in [1.29, 1.82) is 0 Å². The molecule has 17 heavy (non-hydrogen) atoms. The Kier molecular flexibility index (Phi) is 5.40. The third kappa shape index (κ3) is 4.36. The molecule has 1 unspecified atom stereocenters. The minimum atomic E-state index is 0.430. The second-order valence-corrected chi connectivity index (χ2v) is 5.98. The zero-order valence-corrected chi connectivity index (χ0v) is 11.4. The first-order chi connectivity index (χ1) is 8.38. The number of thioether (sulfide) groups is 1. The van der Waals surface area contributed by atoms with Crippen LogP contribution in [0.3, 0.4) is 0 Å². The zero-order valence-electron chi connectivity index (χ0n) is 9.78. The van der Waals surface area contributed by atoms with E-state index >= 15 is 0 Å². The molecule has 1 aliphatic heterocycles. The van der Waals surface area contributed by atoms with Gasteiger partial charge in [0.25, 0.3) is 0 Å². The van der Waals surface area contributed by atoms with Gasteiger partial charge in [0.05, 0.1) is 12.6 Å². The highest BCUT2D eigenvalue weighted by Crippen LogP contribution is 2.23. The van der Waals surface area contributed by atoms with Crippen LogP contribution in [0.2, 0.25) is 0 Å². The molecule has 0 bridgehead atoms. The fourth-order valence-electron chi connectivity index (χ4n) is 1.74. The van der Waals surface area contributed by atoms with Crippen LogP contribution < -0.4 is 5.73 Å². The van der Waals surface area contributed by atoms with Crippen molar-refractivity contribution in [1.82, 2.24) is 0 Å². The molecule has 4 heteroatoms. The van der Waals surface area contributed by atoms with E-state index in [-0.39, 0.29) is 0 Å². The van der Waals surface area contributed by atoms with E-state index in [4.69, 9.17) is 10.5 Å². The third-order valence-electron chi connectivity index (χ3n) is 2.56. The average Bonchev–Trinajstić information content (AvgIpc) is 2.98. The summed E-state index contributed by atoms with van der Waals surface area (Å²) in [6, 6.07) is 2.16. The number of hydrogen-bond acceptors (Lipinski definition) is 4. The second kappa shape index (κ2) is 7.07. The molecular weight excluding hydrogens is 250 g/mol. The number of rotatable bonds is 4. The SMILES string of the molecule is NCC#Cc1csc(CSCC2CCCO2)c1. The minimum Gasteiger partial charge on any atom is -0.377 e. The van der Waals surface area contributed by atoms with Gasteiger partial charge in [0.15, 0.2) is 0 Å². The molecule has 1 aliphatic rings. The van der Waals surface area contributed by atoms with Crippen molar-refractivity contribution in [3.8, 4) is 11.8 Å². The van der Waals surface area contributed by atoms with E-state index in [2.05, 4.69) is 23.3 Å². The summed E-state index contributed by atoms with van der Waals surface area (Å²) >= 11 is 3.73. The van der Waals surface area contributed by atoms with E-state index in [9.17, 15) is 0 Å². The summed E-state index contributed by atoms with van der Waals surface area (Å²) < 4.78 is 5.60. The topological polar surface area (TPSA) is 35.2 Å². The van der Waals surface area contributed by atoms with Gasteiger partial charge in [0.2, 0.25) is 0 Å². The molecule has 2 N–H and O–H groups in total. The maximum Gasteiger partial charge on any atom is 0.0666 e. The van der Waals surface area contributed by atoms with E-state index in [0.717, 1.165) is 23.7 Å². The summed E-state index contributed by atoms with van der Waals surface area (Å²) in [5, 5.41) is 2.10. The highest BCUT2D eigenvalue weighted by molar-refractivity contribution is 7.98. The molecule has 2 nitrogen and oxygen atoms in total. The van der Waals surface area contributed by atoms with Crippen LogP contribution in [0.5, 0.6) is 0 Å². The molecule has 0 aliphatic carbocycles. The average molecular weight is 267 g/mol. The predicted molar refractivity (Wildman–Crippen MR) is 75.4 cm³/mol. The van der Waals surface area contributed by atoms with Crippen molar-refractivity contribution in [3.63, 3.8) is 0 Å². The molecule has 0 amide bonds. The van der Waals surface area contributed by atoms with Crippen molar-refractivity contribution in [3.05, 3.63) is 21.9 Å². The largest absolute Gasteiger partial charge is 0.377 e. The molecule has 0 radical (unpaired) electrons. The standard InChI is InChI=1S/C13H17NOS2/c14-5-1-3-11-7-13(17-8-11)10-16-9-12-4-2-6-15-12/h7-8,12H,2,4-6,9-10,14H2. The van der Waals surface area contributed by atoms with Crippen molar-refractivity contribution in [2.24, 2.45) is 5.73 Å². The van der Waals surface area contributed by atoms with E-state index in [1.807, 2.05) is 11.8 Å². The van der Waals surface area contributed by atoms with Crippen molar-refractivity contribution >= 4 is 23.1 Å². The van der Waals surface area contributed by atoms with Crippen molar-refractivity contribution < 1.29 is 4.74 Å². The summed E-state index contributed by atoms with van der Waals surface area (Å²) in [7, 11) is 0. The fraction of sp³-hybridized carbons (Fsp3) is 0.538. The lowest BCUT2D eigenvalue weighted by molar-refractivity contribution is 0.129. The van der Waals surface area contributed by atoms with Gasteiger partial charge in [-0.1, -0.05) is 11.8 Å². The van der Waals surface area contributed by atoms with E-state index < -0.39 is 0 Å². The molecule has 1 fully saturated rings. The summed E-state index contributed by atoms with van der Waals surface area (Å²) in [4.78, 5) is 1.38. The van der Waals surface area contributed by atoms with Crippen molar-refractivity contribution in [2.75, 3.05) is 18.9 Å². The molecule has 92 valence electrons. The van der Waals surface area contributed by atoms with Crippen LogP contribution in [-0.4, -0.2) is 25.0 Å². The lowest BCUT2D eigenvalue weighted by Crippen LogP contribution is -2.07. The summed E-state index contributed by atoms with van der Waals surface area (Å²) in [5.74, 6) is 8.11. The molecule has 0 saturated carbocycles. The molecule has 0 aromatic carbocycles. The summed E-state index contributed by atoms with van der Waals surface area (Å²) in [5.41, 5.74) is 6.44. The molecule has 1 atom stereocenters. The highest BCUT2D eigenvalue weighted by atomic mass is 32.2. The first-order valence-electron chi connectivity index (χ1n) is 5.84. The van der Waals surface area contributed by atoms with Crippen LogP contribution in [0, 0.1) is 11.8 Å². The summed E-state index contributed by atoms with van der Waals surface area (Å²) in [6.45, 7) is 1.38. The van der Waals surface area contributed by atoms with Crippen molar-refractivity contribution in [2.45, 2.75) is 24.7 Å². The number of thiophene rings is 1. The molecule has 1 aromatic heterocycles. The fourth-order valence-corrected chi connectivity index (χ4v) is 3.79. The van der Waals surface area contributed by atoms with Crippen LogP contribution >= 0.6 is 23.1 Å². The molecular formula is C13H17NOS2. The lowest BCUT2D eigenvalue weighted by Gasteiger charge is -2.07. The first kappa shape index (κ1) is 13.0. The van der Waals surface area contributed by atoms with Gasteiger partial charge in [0.1, 0.15) is 0 Å². The molecule has 2 heterocycles. The Morgan fingerprint density at radius 1 is 1.59 bits per heavy atom. The minimum absolute atomic E-state index is 0.430. The van der Waals surface area contributed by atoms with Gasteiger partial charge in [-0.15, -0.1) is 11.3 Å². The Morgan fingerprint density at radius 3 is 3.29 bits per heavy atom. The van der Waals surface area contributed by atoms with Gasteiger partial charge in [-0.3, -0.25) is 0 Å². The number of ether oxygens (including phenoxy) is 1. The second-order valence-electron chi connectivity index (χ2n) is 3.96. The van der Waals surface area contributed by atoms with E-state index in [1.165, 1.54) is 17.7 Å². The van der Waals surface area contributed by atoms with Gasteiger partial charge < -0.3 is 10.5 Å². The van der Waals surface area contributed by atoms with E-state index in [1.54, 1.807) is 11.3 Å². The number of hydrogen-bond donors (Lipinski definition) is 1. The van der Waals surface area contributed by atoms with Crippen LogP contribution in [0.25, 0.3) is 0 Å². The normalized spacial score (nSPS) is 19.0. The first-order valence-corrected chi connectivity index (χ1v) is 7.87. The Labute approximate surface area is 111 Å². The van der Waals surface area contributed by atoms with Crippen LogP contribution in [-0.2, 0) is 10.5 Å². The smallest absolute Gasteiger partial charge is 0.0666 e. The quantitative estimate of drug-likeness (QED) is 0.851. The van der Waals surface area contributed by atoms with Gasteiger partial charge in [-0.05, 0) is 18.9 Å². The van der Waals surface area contributed by atoms with Crippen LogP contribution in [0.15, 0.2) is 11.4 Å². The molecule has 1 aromatic rings. The maximum atomic E-state index is 5.60. The highest BCUT2D eigenvalue weighted by Gasteiger charge is 2.15. The van der Waals surface area contributed by atoms with Gasteiger partial charge in [0, 0.05) is 33.9 Å². The Bertz CT molecular complexity index is 399. The Balaban J connectivity index is 1.73. The third-order valence-corrected chi connectivity index (χ3v) is 4.80. The van der Waals surface area contributed by atoms with Gasteiger partial charge >= 0.3 is 0 Å². The lowest BCUT2D eigenvalue weighted by atomic mass is 10.3. The number of nitrogens with two attached hydrogens (primary N) is 1. The van der Waals surface area contributed by atoms with Crippen LogP contribution in [0.4, 0.5) is 0 Å². The Morgan fingerprint density at radius 2 is 2.53 bits per heavy atom.